The Labute approximate surface area is 157 Å². The van der Waals surface area contributed by atoms with E-state index >= 15 is 0 Å². The lowest BCUT2D eigenvalue weighted by atomic mass is 9.67. The zero-order valence-electron chi connectivity index (χ0n) is 16.1. The van der Waals surface area contributed by atoms with Crippen LogP contribution in [0.15, 0.2) is 41.4 Å². The van der Waals surface area contributed by atoms with Gasteiger partial charge in [-0.25, -0.2) is 0 Å². The van der Waals surface area contributed by atoms with Crippen LogP contribution in [0.4, 0.5) is 5.69 Å². The molecule has 0 saturated heterocycles. The fourth-order valence-electron chi connectivity index (χ4n) is 3.74. The van der Waals surface area contributed by atoms with Crippen molar-refractivity contribution in [2.75, 3.05) is 45.3 Å². The Morgan fingerprint density at radius 2 is 2.04 bits per heavy atom. The topological polar surface area (TPSA) is 48.9 Å². The van der Waals surface area contributed by atoms with E-state index in [0.717, 1.165) is 45.2 Å². The van der Waals surface area contributed by atoms with E-state index in [1.807, 2.05) is 7.05 Å². The highest BCUT2D eigenvalue weighted by Crippen LogP contribution is 2.43. The molecule has 2 N–H and O–H groups in total. The number of nitrogens with zero attached hydrogens (tertiary/aromatic N) is 2. The molecule has 1 fully saturated rings. The Kier molecular flexibility index (Phi) is 6.56. The van der Waals surface area contributed by atoms with E-state index in [1.54, 1.807) is 7.11 Å². The highest BCUT2D eigenvalue weighted by Gasteiger charge is 2.36. The van der Waals surface area contributed by atoms with Crippen LogP contribution in [0.2, 0.25) is 0 Å². The molecule has 0 bridgehead atoms. The Bertz CT molecular complexity index is 629. The van der Waals surface area contributed by atoms with Crippen molar-refractivity contribution in [1.29, 1.82) is 0 Å². The summed E-state index contributed by atoms with van der Waals surface area (Å²) < 4.78 is 5.28. The molecule has 0 amide bonds. The molecule has 5 nitrogen and oxygen atoms in total. The third-order valence-corrected chi connectivity index (χ3v) is 5.66. The average Bonchev–Trinajstić information content (AvgIpc) is 3.18. The molecule has 1 heterocycles. The van der Waals surface area contributed by atoms with Crippen LogP contribution in [0.1, 0.15) is 31.2 Å². The quantitative estimate of drug-likeness (QED) is 0.427. The highest BCUT2D eigenvalue weighted by molar-refractivity contribution is 5.79. The number of hydrogen-bond donors (Lipinski definition) is 2. The summed E-state index contributed by atoms with van der Waals surface area (Å²) in [4.78, 5) is 6.76. The van der Waals surface area contributed by atoms with Crippen molar-refractivity contribution in [3.63, 3.8) is 0 Å². The normalized spacial score (nSPS) is 18.7. The summed E-state index contributed by atoms with van der Waals surface area (Å²) in [5, 5.41) is 6.98. The van der Waals surface area contributed by atoms with Crippen molar-refractivity contribution in [1.82, 2.24) is 10.6 Å². The first-order chi connectivity index (χ1) is 12.7. The maximum atomic E-state index is 5.28. The minimum absolute atomic E-state index is 0.385. The minimum atomic E-state index is 0.385. The predicted molar refractivity (Wildman–Crippen MR) is 109 cm³/mol. The number of hydrogen-bond acceptors (Lipinski definition) is 3. The van der Waals surface area contributed by atoms with Crippen LogP contribution >= 0.6 is 0 Å². The summed E-state index contributed by atoms with van der Waals surface area (Å²) in [5.74, 6) is 0.877. The molecule has 0 radical (unpaired) electrons. The Hall–Kier alpha value is -2.01. The van der Waals surface area contributed by atoms with Gasteiger partial charge in [0.25, 0.3) is 0 Å². The van der Waals surface area contributed by atoms with Crippen LogP contribution in [0.25, 0.3) is 0 Å². The summed E-state index contributed by atoms with van der Waals surface area (Å²) >= 11 is 0. The first-order valence-electron chi connectivity index (χ1n) is 9.67. The van der Waals surface area contributed by atoms with Crippen molar-refractivity contribution >= 4 is 11.6 Å². The molecule has 1 aliphatic heterocycles. The molecule has 142 valence electrons. The molecule has 5 heteroatoms. The molecule has 0 spiro atoms. The lowest BCUT2D eigenvalue weighted by Crippen LogP contribution is -2.46. The van der Waals surface area contributed by atoms with E-state index in [9.17, 15) is 0 Å². The van der Waals surface area contributed by atoms with Crippen LogP contribution in [0.3, 0.4) is 0 Å². The molecule has 1 aromatic carbocycles. The molecule has 1 aliphatic carbocycles. The molecular formula is C21H32N4O. The number of methoxy groups -OCH3 is 1. The number of guanidine groups is 1. The third-order valence-electron chi connectivity index (χ3n) is 5.66. The van der Waals surface area contributed by atoms with Gasteiger partial charge < -0.3 is 20.3 Å². The lowest BCUT2D eigenvalue weighted by molar-refractivity contribution is 0.0732. The van der Waals surface area contributed by atoms with Gasteiger partial charge in [-0.1, -0.05) is 30.7 Å². The summed E-state index contributed by atoms with van der Waals surface area (Å²) in [6.45, 7) is 4.59. The first kappa shape index (κ1) is 18.8. The first-order valence-corrected chi connectivity index (χ1v) is 9.67. The van der Waals surface area contributed by atoms with Gasteiger partial charge in [0, 0.05) is 52.6 Å². The van der Waals surface area contributed by atoms with Crippen LogP contribution in [0.5, 0.6) is 0 Å². The molecular weight excluding hydrogens is 324 g/mol. The zero-order valence-corrected chi connectivity index (χ0v) is 16.1. The van der Waals surface area contributed by atoms with Gasteiger partial charge in [0.15, 0.2) is 5.96 Å². The minimum Gasteiger partial charge on any atom is -0.385 e. The SMILES string of the molecule is CN=C(NCc1cccc(N2CC=CC2)c1)NCC1(CCOC)CCC1. The summed E-state index contributed by atoms with van der Waals surface area (Å²) in [7, 11) is 3.62. The van der Waals surface area contributed by atoms with Gasteiger partial charge in [-0.05, 0) is 42.4 Å². The smallest absolute Gasteiger partial charge is 0.191 e. The summed E-state index contributed by atoms with van der Waals surface area (Å²) in [6, 6.07) is 8.74. The maximum absolute atomic E-state index is 5.28. The number of rotatable bonds is 8. The molecule has 0 aromatic heterocycles. The monoisotopic (exact) mass is 356 g/mol. The van der Waals surface area contributed by atoms with E-state index in [4.69, 9.17) is 4.74 Å². The van der Waals surface area contributed by atoms with Crippen molar-refractivity contribution in [3.05, 3.63) is 42.0 Å². The summed E-state index contributed by atoms with van der Waals surface area (Å²) in [6.07, 6.45) is 9.46. The Balaban J connectivity index is 1.49. The molecule has 3 rings (SSSR count). The number of benzene rings is 1. The molecule has 1 saturated carbocycles. The van der Waals surface area contributed by atoms with Gasteiger partial charge in [-0.15, -0.1) is 0 Å². The standard InChI is InChI=1S/C21H32N4O/c1-22-20(24-17-21(9-6-10-21)11-14-26-2)23-16-18-7-5-8-19(15-18)25-12-3-4-13-25/h3-5,7-8,15H,6,9-14,16-17H2,1-2H3,(H2,22,23,24). The third kappa shape index (κ3) is 4.79. The second-order valence-corrected chi connectivity index (χ2v) is 7.42. The molecule has 2 aliphatic rings. The van der Waals surface area contributed by atoms with Crippen LogP contribution in [0, 0.1) is 5.41 Å². The number of ether oxygens (including phenoxy) is 1. The van der Waals surface area contributed by atoms with E-state index in [1.165, 1.54) is 30.5 Å². The average molecular weight is 357 g/mol. The van der Waals surface area contributed by atoms with Gasteiger partial charge in [0.2, 0.25) is 0 Å². The van der Waals surface area contributed by atoms with E-state index in [-0.39, 0.29) is 0 Å². The maximum Gasteiger partial charge on any atom is 0.191 e. The fraction of sp³-hybridized carbons (Fsp3) is 0.571. The van der Waals surface area contributed by atoms with Crippen LogP contribution < -0.4 is 15.5 Å². The van der Waals surface area contributed by atoms with Crippen molar-refractivity contribution < 1.29 is 4.74 Å². The molecule has 26 heavy (non-hydrogen) atoms. The van der Waals surface area contributed by atoms with Crippen LogP contribution in [-0.2, 0) is 11.3 Å². The van der Waals surface area contributed by atoms with E-state index in [0.29, 0.717) is 5.41 Å². The zero-order chi connectivity index (χ0) is 18.2. The Morgan fingerprint density at radius 1 is 1.23 bits per heavy atom. The van der Waals surface area contributed by atoms with Gasteiger partial charge >= 0.3 is 0 Å². The number of nitrogens with one attached hydrogen (secondary N) is 2. The second kappa shape index (κ2) is 9.08. The Morgan fingerprint density at radius 3 is 2.69 bits per heavy atom. The van der Waals surface area contributed by atoms with Gasteiger partial charge in [-0.3, -0.25) is 4.99 Å². The van der Waals surface area contributed by atoms with Gasteiger partial charge in [-0.2, -0.15) is 0 Å². The predicted octanol–water partition coefficient (Wildman–Crippen LogP) is 2.93. The van der Waals surface area contributed by atoms with Crippen molar-refractivity contribution in [2.45, 2.75) is 32.2 Å². The highest BCUT2D eigenvalue weighted by atomic mass is 16.5. The van der Waals surface area contributed by atoms with Crippen molar-refractivity contribution in [3.8, 4) is 0 Å². The largest absolute Gasteiger partial charge is 0.385 e. The van der Waals surface area contributed by atoms with Gasteiger partial charge in [0.1, 0.15) is 0 Å². The molecule has 0 atom stereocenters. The lowest BCUT2D eigenvalue weighted by Gasteiger charge is -2.42. The van der Waals surface area contributed by atoms with Crippen LogP contribution in [-0.4, -0.2) is 46.4 Å². The number of aliphatic imine (C=N–C) groups is 1. The fourth-order valence-corrected chi connectivity index (χ4v) is 3.74. The van der Waals surface area contributed by atoms with E-state index in [2.05, 4.69) is 56.9 Å². The second-order valence-electron chi connectivity index (χ2n) is 7.42. The summed E-state index contributed by atoms with van der Waals surface area (Å²) in [5.41, 5.74) is 2.94. The molecule has 0 unspecified atom stereocenters. The number of anilines is 1. The molecule has 1 aromatic rings. The van der Waals surface area contributed by atoms with Crippen molar-refractivity contribution in [2.24, 2.45) is 10.4 Å². The van der Waals surface area contributed by atoms with E-state index < -0.39 is 0 Å². The van der Waals surface area contributed by atoms with Gasteiger partial charge in [0.05, 0.1) is 0 Å².